The molecule has 0 atom stereocenters. The Bertz CT molecular complexity index is 2660. The first-order valence-electron chi connectivity index (χ1n) is 24.2. The van der Waals surface area contributed by atoms with E-state index in [1.54, 1.807) is 0 Å². The highest BCUT2D eigenvalue weighted by molar-refractivity contribution is 5.92. The average Bonchev–Trinajstić information content (AvgIpc) is 3.59. The smallest absolute Gasteiger partial charge is 0.0715 e. The van der Waals surface area contributed by atoms with Crippen molar-refractivity contribution in [1.82, 2.24) is 0 Å². The Morgan fingerprint density at radius 3 is 0.746 bits per heavy atom. The maximum Gasteiger partial charge on any atom is 0.0715 e. The van der Waals surface area contributed by atoms with Gasteiger partial charge in [0.1, 0.15) is 0 Å². The number of fused-ring (bicyclic) bond motifs is 3. The van der Waals surface area contributed by atoms with E-state index in [0.29, 0.717) is 0 Å². The summed E-state index contributed by atoms with van der Waals surface area (Å²) < 4.78 is 0. The fourth-order valence-corrected chi connectivity index (χ4v) is 10.1. The number of anilines is 6. The van der Waals surface area contributed by atoms with Gasteiger partial charge < -0.3 is 9.80 Å². The van der Waals surface area contributed by atoms with Crippen molar-refractivity contribution in [2.45, 2.75) is 110 Å². The lowest BCUT2D eigenvalue weighted by Crippen LogP contribution is -2.29. The minimum absolute atomic E-state index is 0.0439. The van der Waals surface area contributed by atoms with Gasteiger partial charge in [0, 0.05) is 34.1 Å². The fraction of sp³-hybridized carbons (Fsp3) is 0.262. The molecule has 338 valence electrons. The molecule has 0 aliphatic heterocycles. The molecule has 0 radical (unpaired) electrons. The molecule has 0 aromatic heterocycles. The van der Waals surface area contributed by atoms with Crippen molar-refractivity contribution < 1.29 is 0 Å². The minimum Gasteiger partial charge on any atom is -0.310 e. The summed E-state index contributed by atoms with van der Waals surface area (Å²) in [6.07, 6.45) is 0. The Morgan fingerprint density at radius 2 is 0.507 bits per heavy atom. The molecule has 0 fully saturated rings. The zero-order valence-electron chi connectivity index (χ0n) is 41.9. The molecular weight excluding hydrogens is 809 g/mol. The third kappa shape index (κ3) is 8.52. The Kier molecular flexibility index (Phi) is 11.5. The van der Waals surface area contributed by atoms with Gasteiger partial charge in [-0.15, -0.1) is 0 Å². The van der Waals surface area contributed by atoms with Gasteiger partial charge in [0.25, 0.3) is 0 Å². The van der Waals surface area contributed by atoms with Gasteiger partial charge in [-0.25, -0.2) is 0 Å². The van der Waals surface area contributed by atoms with Gasteiger partial charge in [0.05, 0.1) is 5.41 Å². The predicted octanol–water partition coefficient (Wildman–Crippen LogP) is 18.2. The zero-order chi connectivity index (χ0) is 47.5. The maximum absolute atomic E-state index is 2.48. The normalized spacial score (nSPS) is 13.5. The van der Waals surface area contributed by atoms with Crippen LogP contribution >= 0.6 is 0 Å². The monoisotopic (exact) mass is 877 g/mol. The maximum atomic E-state index is 2.48. The van der Waals surface area contributed by atoms with Crippen LogP contribution in [-0.2, 0) is 27.1 Å². The van der Waals surface area contributed by atoms with Crippen molar-refractivity contribution in [1.29, 1.82) is 0 Å². The molecule has 1 aliphatic rings. The number of benzene rings is 8. The molecule has 0 heterocycles. The van der Waals surface area contributed by atoms with E-state index in [4.69, 9.17) is 0 Å². The molecule has 0 saturated carbocycles. The third-order valence-corrected chi connectivity index (χ3v) is 14.0. The van der Waals surface area contributed by atoms with Crippen LogP contribution in [0.2, 0.25) is 0 Å². The Balaban J connectivity index is 1.29. The van der Waals surface area contributed by atoms with E-state index in [1.807, 2.05) is 0 Å². The van der Waals surface area contributed by atoms with Crippen LogP contribution in [0.1, 0.15) is 128 Å². The lowest BCUT2D eigenvalue weighted by Gasteiger charge is -2.36. The van der Waals surface area contributed by atoms with Gasteiger partial charge in [-0.05, 0) is 150 Å². The van der Waals surface area contributed by atoms with Crippen LogP contribution < -0.4 is 9.80 Å². The van der Waals surface area contributed by atoms with E-state index < -0.39 is 5.41 Å². The highest BCUT2D eigenvalue weighted by Gasteiger charge is 2.47. The summed E-state index contributed by atoms with van der Waals surface area (Å²) >= 11 is 0. The van der Waals surface area contributed by atoms with Crippen molar-refractivity contribution in [3.8, 4) is 11.1 Å². The van der Waals surface area contributed by atoms with Crippen molar-refractivity contribution in [2.75, 3.05) is 9.80 Å². The van der Waals surface area contributed by atoms with Crippen LogP contribution in [0.25, 0.3) is 11.1 Å². The summed E-state index contributed by atoms with van der Waals surface area (Å²) in [6.45, 7) is 27.4. The third-order valence-electron chi connectivity index (χ3n) is 14.0. The second-order valence-electron chi connectivity index (χ2n) is 22.8. The van der Waals surface area contributed by atoms with E-state index in [0.717, 1.165) is 34.1 Å². The van der Waals surface area contributed by atoms with E-state index in [-0.39, 0.29) is 21.7 Å². The second-order valence-corrected chi connectivity index (χ2v) is 22.8. The van der Waals surface area contributed by atoms with Crippen LogP contribution in [0.5, 0.6) is 0 Å². The molecule has 8 aromatic carbocycles. The van der Waals surface area contributed by atoms with Gasteiger partial charge in [0.2, 0.25) is 0 Å². The molecule has 0 saturated heterocycles. The molecule has 1 aliphatic carbocycles. The summed E-state index contributed by atoms with van der Waals surface area (Å²) in [4.78, 5) is 4.89. The summed E-state index contributed by atoms with van der Waals surface area (Å²) in [5.41, 5.74) is 19.1. The summed E-state index contributed by atoms with van der Waals surface area (Å²) in [5, 5.41) is 0. The molecule has 0 amide bonds. The van der Waals surface area contributed by atoms with Gasteiger partial charge in [-0.2, -0.15) is 0 Å². The van der Waals surface area contributed by atoms with Gasteiger partial charge in [-0.1, -0.05) is 204 Å². The molecule has 0 unspecified atom stereocenters. The average molecular weight is 877 g/mol. The minimum atomic E-state index is -0.630. The summed E-state index contributed by atoms with van der Waals surface area (Å²) in [6, 6.07) is 73.5. The first-order chi connectivity index (χ1) is 31.7. The van der Waals surface area contributed by atoms with E-state index in [1.165, 1.54) is 55.6 Å². The van der Waals surface area contributed by atoms with Crippen molar-refractivity contribution >= 4 is 34.1 Å². The highest BCUT2D eigenvalue weighted by Crippen LogP contribution is 2.58. The van der Waals surface area contributed by atoms with Crippen molar-refractivity contribution in [3.63, 3.8) is 0 Å². The molecular formula is C65H68N2. The topological polar surface area (TPSA) is 6.48 Å². The largest absolute Gasteiger partial charge is 0.310 e. The molecule has 9 rings (SSSR count). The molecule has 0 bridgehead atoms. The van der Waals surface area contributed by atoms with E-state index in [2.05, 4.69) is 287 Å². The Morgan fingerprint density at radius 1 is 0.269 bits per heavy atom. The highest BCUT2D eigenvalue weighted by atomic mass is 15.1. The second kappa shape index (κ2) is 16.9. The van der Waals surface area contributed by atoms with E-state index >= 15 is 0 Å². The Hall–Kier alpha value is -6.64. The summed E-state index contributed by atoms with van der Waals surface area (Å²) in [7, 11) is 0. The number of rotatable bonds is 8. The molecule has 2 heteroatoms. The zero-order valence-corrected chi connectivity index (χ0v) is 41.9. The number of hydrogen-bond donors (Lipinski definition) is 0. The standard InChI is InChI=1S/C65H68N2/c1-61(2,3)45-23-31-51(32-24-45)66(52-33-25-46(26-34-52)62(4,5)6)55-39-41-57-58-42-40-56(44-60(58)65(59(57)43-55,49-19-15-13-16-20-49)50-21-17-14-18-22-50)67(53-35-27-47(28-36-53)63(7,8)9)54-37-29-48(30-38-54)64(10,11)12/h13-44H,1-12H3. The first-order valence-corrected chi connectivity index (χ1v) is 24.2. The van der Waals surface area contributed by atoms with Crippen LogP contribution in [0.15, 0.2) is 194 Å². The number of nitrogens with zero attached hydrogens (tertiary/aromatic N) is 2. The van der Waals surface area contributed by atoms with E-state index in [9.17, 15) is 0 Å². The Labute approximate surface area is 402 Å². The van der Waals surface area contributed by atoms with Crippen LogP contribution in [-0.4, -0.2) is 0 Å². The molecule has 8 aromatic rings. The number of hydrogen-bond acceptors (Lipinski definition) is 2. The van der Waals surface area contributed by atoms with Gasteiger partial charge in [-0.3, -0.25) is 0 Å². The lowest BCUT2D eigenvalue weighted by molar-refractivity contribution is 0.590. The van der Waals surface area contributed by atoms with Crippen molar-refractivity contribution in [3.05, 3.63) is 239 Å². The van der Waals surface area contributed by atoms with Crippen LogP contribution in [0, 0.1) is 0 Å². The fourth-order valence-electron chi connectivity index (χ4n) is 10.1. The molecule has 67 heavy (non-hydrogen) atoms. The van der Waals surface area contributed by atoms with Crippen LogP contribution in [0.3, 0.4) is 0 Å². The van der Waals surface area contributed by atoms with Gasteiger partial charge in [0.15, 0.2) is 0 Å². The van der Waals surface area contributed by atoms with Crippen LogP contribution in [0.4, 0.5) is 34.1 Å². The molecule has 0 spiro atoms. The van der Waals surface area contributed by atoms with Crippen molar-refractivity contribution in [2.24, 2.45) is 0 Å². The SMILES string of the molecule is CC(C)(C)c1ccc(N(c2ccc(C(C)(C)C)cc2)c2ccc3c(c2)C(c2ccccc2)(c2ccccc2)c2cc(N(c4ccc(C(C)(C)C)cc4)c4ccc(C(C)(C)C)cc4)ccc2-3)cc1. The quantitative estimate of drug-likeness (QED) is 0.150. The molecule has 0 N–H and O–H groups in total. The lowest BCUT2D eigenvalue weighted by atomic mass is 9.67. The first kappa shape index (κ1) is 45.5. The molecule has 2 nitrogen and oxygen atoms in total. The van der Waals surface area contributed by atoms with Gasteiger partial charge >= 0.3 is 0 Å². The summed E-state index contributed by atoms with van der Waals surface area (Å²) in [5.74, 6) is 0. The predicted molar refractivity (Wildman–Crippen MR) is 288 cm³/mol.